The van der Waals surface area contributed by atoms with Crippen LogP contribution in [0.25, 0.3) is 0 Å². The number of alkyl carbamates (subject to hydrolysis) is 1. The Morgan fingerprint density at radius 1 is 0.436 bits per heavy atom. The van der Waals surface area contributed by atoms with Crippen molar-refractivity contribution < 1.29 is 150 Å². The first-order valence-electron chi connectivity index (χ1n) is 48.2. The summed E-state index contributed by atoms with van der Waals surface area (Å²) in [6.45, 7) is 54.9. The number of benzene rings is 1. The lowest BCUT2D eigenvalue weighted by molar-refractivity contribution is -0.145. The van der Waals surface area contributed by atoms with E-state index in [1.807, 2.05) is 169 Å². The number of methoxy groups -OCH3 is 3. The number of likely N-dealkylation sites (tertiary alicyclic amines) is 5. The van der Waals surface area contributed by atoms with Crippen LogP contribution in [0.4, 0.5) is 41.9 Å². The van der Waals surface area contributed by atoms with Crippen molar-refractivity contribution in [3.05, 3.63) is 35.9 Å². The van der Waals surface area contributed by atoms with E-state index in [2.05, 4.69) is 62.8 Å². The number of ether oxygens (including phenoxy) is 14. The second-order valence-electron chi connectivity index (χ2n) is 39.6. The summed E-state index contributed by atoms with van der Waals surface area (Å²) in [5.41, 5.74) is 3.91. The molecular formula is C93H171B2F3N12O29S. The molecule has 6 rings (SSSR count). The maximum absolute atomic E-state index is 12.5. The molecular weight excluding hydrogens is 1860 g/mol. The summed E-state index contributed by atoms with van der Waals surface area (Å²) >= 11 is 0. The molecule has 5 aliphatic rings. The van der Waals surface area contributed by atoms with E-state index in [1.54, 1.807) is 24.5 Å². The lowest BCUT2D eigenvalue weighted by Gasteiger charge is -2.29. The largest absolute Gasteiger partial charge is 0.523 e. The monoisotopic (exact) mass is 2030 g/mol. The van der Waals surface area contributed by atoms with E-state index in [1.165, 1.54) is 21.3 Å². The molecule has 41 nitrogen and oxygen atoms in total. The Balaban J connectivity index is 0.00000167. The molecule has 0 aromatic heterocycles. The van der Waals surface area contributed by atoms with Gasteiger partial charge in [0.15, 0.2) is 19.5 Å². The van der Waals surface area contributed by atoms with Gasteiger partial charge in [0.05, 0.1) is 124 Å². The minimum Gasteiger partial charge on any atom is -0.480 e. The fraction of sp³-hybridized carbons (Fsp3) is 0.817. The molecule has 0 saturated carbocycles. The van der Waals surface area contributed by atoms with Crippen LogP contribution in [0.1, 0.15) is 215 Å². The molecule has 0 aliphatic carbocycles. The Hall–Kier alpha value is -8.38. The number of amides is 7. The number of halogens is 3. The number of carbonyl (C=O) groups is 11. The van der Waals surface area contributed by atoms with Crippen LogP contribution >= 0.6 is 0 Å². The van der Waals surface area contributed by atoms with Crippen LogP contribution in [0.5, 0.6) is 0 Å². The molecule has 810 valence electrons. The lowest BCUT2D eigenvalue weighted by atomic mass is 9.49. The van der Waals surface area contributed by atoms with E-state index >= 15 is 0 Å². The van der Waals surface area contributed by atoms with Crippen LogP contribution in [0, 0.1) is 0 Å². The first-order chi connectivity index (χ1) is 65.0. The zero-order chi connectivity index (χ0) is 107. The number of likely N-dealkylation sites (N-methyl/N-ethyl adjacent to an activating group) is 3. The Morgan fingerprint density at radius 2 is 0.721 bits per heavy atom. The van der Waals surface area contributed by atoms with Gasteiger partial charge in [-0.1, -0.05) is 92.2 Å². The molecule has 0 radical (unpaired) electrons. The average molecular weight is 2030 g/mol. The van der Waals surface area contributed by atoms with Crippen molar-refractivity contribution in [1.82, 2.24) is 51.1 Å². The molecule has 1 aromatic carbocycles. The normalized spacial score (nSPS) is 18.5. The number of alkyl halides is 3. The van der Waals surface area contributed by atoms with Crippen molar-refractivity contribution in [2.75, 3.05) is 146 Å². The first kappa shape index (κ1) is 132. The number of hydrogen-bond donors (Lipinski definition) is 8. The van der Waals surface area contributed by atoms with Gasteiger partial charge in [-0.2, -0.15) is 21.6 Å². The Bertz CT molecular complexity index is 3880. The number of carboxylic acid groups (broad SMARTS) is 1. The second-order valence-corrected chi connectivity index (χ2v) is 41.2. The molecule has 12 atom stereocenters. The van der Waals surface area contributed by atoms with Gasteiger partial charge < -0.3 is 134 Å². The standard InChI is InChI=1S/C22H32N2O7.C19H38BN3O4.C16H30N2O5.C15H28N2O5.C14H26N2O5.C4H12BN.C3H5F3O3S/c1-22(2,3)31-21(27)24-12-8-11-17(24)14-29-15-18(19(25)28-4)23-20(26)30-13-16-9-6-5-7-10-16;1-8-21-16(17(24)22-14(2)20(6)7)13-26-12-15-10-9-11-23(15)18(25)27-19(3,4)5;1-6-17-13(14(19)21-5)11-22-10-12-8-7-9-18(12)15(20)23-16(2,3)4;1-5-16-12(13(18)19)10-21-9-11-7-6-8-17(11)14(20)22-15(2,3)4;1-14(2,3)21-13(18)16-7-5-6-10(16)8-20-9-11(15)12(17)19-4;1-4(6)5(2)3;1-2-9-10(7,8)3(4,5)6/h5-7,9-10,17-18H,8,11-15H2,1-4H3,(H,23,26);14-16,21H,8-13H2,1-7H3,(H,22,24);12-13,17H,6-11H2,1-5H3;11-12,16H,5-10H2,1-4H3,(H,18,19);10-11H,5-9,15H2,1-4H3;4H,6H2,1-3H3;2H2,1H3/t17-,18+;14?,15-,16+;12-,13+;11-,12+;10-,11+;;/m11111../s1. The molecule has 5 heterocycles. The molecule has 5 saturated heterocycles. The number of aliphatic carboxylic acids is 1. The highest BCUT2D eigenvalue weighted by atomic mass is 32.2. The molecule has 2 unspecified atom stereocenters. The maximum Gasteiger partial charge on any atom is 0.523 e. The molecule has 140 heavy (non-hydrogen) atoms. The van der Waals surface area contributed by atoms with Gasteiger partial charge in [-0.15, -0.1) is 0 Å². The topological polar surface area (TPSA) is 509 Å². The van der Waals surface area contributed by atoms with Crippen LogP contribution in [-0.2, 0) is 111 Å². The molecule has 0 bridgehead atoms. The molecule has 7 amide bonds. The number of carbonyl (C=O) groups excluding carboxylic acids is 10. The molecule has 10 N–H and O–H groups in total. The summed E-state index contributed by atoms with van der Waals surface area (Å²) in [7, 11) is -1.48. The van der Waals surface area contributed by atoms with Crippen LogP contribution in [0.2, 0.25) is 27.3 Å². The number of nitrogens with zero attached hydrogens (tertiary/aromatic N) is 5. The van der Waals surface area contributed by atoms with Crippen LogP contribution in [-0.4, -0.2) is 370 Å². The van der Waals surface area contributed by atoms with E-state index in [-0.39, 0.29) is 125 Å². The van der Waals surface area contributed by atoms with E-state index in [4.69, 9.17) is 78.2 Å². The van der Waals surface area contributed by atoms with Gasteiger partial charge in [0.1, 0.15) is 58.8 Å². The van der Waals surface area contributed by atoms with Gasteiger partial charge in [-0.25, -0.2) is 33.6 Å². The number of esters is 3. The van der Waals surface area contributed by atoms with Gasteiger partial charge in [0, 0.05) is 38.7 Å². The maximum atomic E-state index is 12.5. The van der Waals surface area contributed by atoms with Gasteiger partial charge in [0.2, 0.25) is 5.91 Å². The third kappa shape index (κ3) is 57.2. The van der Waals surface area contributed by atoms with Crippen molar-refractivity contribution in [1.29, 1.82) is 0 Å². The van der Waals surface area contributed by atoms with Crippen LogP contribution in [0.3, 0.4) is 0 Å². The number of carboxylic acids is 1. The van der Waals surface area contributed by atoms with E-state index < -0.39 is 104 Å². The summed E-state index contributed by atoms with van der Waals surface area (Å²) in [4.78, 5) is 140. The summed E-state index contributed by atoms with van der Waals surface area (Å²) in [6, 6.07) is 5.52. The van der Waals surface area contributed by atoms with Crippen LogP contribution in [0.15, 0.2) is 30.3 Å². The Morgan fingerprint density at radius 3 is 0.993 bits per heavy atom. The average Bonchev–Trinajstić information content (AvgIpc) is 1.73. The molecule has 5 aliphatic heterocycles. The van der Waals surface area contributed by atoms with E-state index in [0.717, 1.165) is 76.7 Å². The van der Waals surface area contributed by atoms with E-state index in [0.29, 0.717) is 98.2 Å². The van der Waals surface area contributed by atoms with Crippen molar-refractivity contribution in [3.8, 4) is 0 Å². The third-order valence-corrected chi connectivity index (χ3v) is 22.0. The first-order valence-corrected chi connectivity index (χ1v) is 49.6. The molecule has 47 heteroatoms. The van der Waals surface area contributed by atoms with Crippen molar-refractivity contribution >= 4 is 89.9 Å². The minimum atomic E-state index is -5.35. The van der Waals surface area contributed by atoms with Crippen molar-refractivity contribution in [2.45, 2.75) is 349 Å². The SMILES string of the molecule is CB(C)C(C)N.CCN[C@@H](COC[C@H]1CCCN1C(=O)OC(C)(C)C)C(=O)NC(C)B(C)C.CCN[C@@H](COC[C@H]1CCCN1C(=O)OC(C)(C)C)C(=O)O.CCN[C@@H](COC[C@H]1CCCN1C(=O)OC(C)(C)C)C(=O)OC.CCOS(=O)(=O)C(F)(F)F.COC(=O)[C@@H](N)COC[C@H]1CCCN1C(=O)OC(C)(C)C.COC(=O)[C@H](COC[C@H]1CCCN1C(=O)OC(C)(C)C)NC(=O)OCc1ccccc1. The molecule has 5 fully saturated rings. The molecule has 1 aromatic rings. The lowest BCUT2D eigenvalue weighted by Crippen LogP contribution is -2.52. The van der Waals surface area contributed by atoms with Gasteiger partial charge in [-0.3, -0.25) is 23.4 Å². The van der Waals surface area contributed by atoms with Crippen LogP contribution < -0.4 is 38.1 Å². The van der Waals surface area contributed by atoms with Gasteiger partial charge in [-0.05, 0) is 206 Å². The predicted octanol–water partition coefficient (Wildman–Crippen LogP) is 10.5. The van der Waals surface area contributed by atoms with Gasteiger partial charge >= 0.3 is 76.1 Å². The highest BCUT2D eigenvalue weighted by molar-refractivity contribution is 7.87. The zero-order valence-electron chi connectivity index (χ0n) is 88.5. The second kappa shape index (κ2) is 66.5. The quantitative estimate of drug-likeness (QED) is 0.00998. The third-order valence-electron chi connectivity index (χ3n) is 20.9. The van der Waals surface area contributed by atoms with Crippen molar-refractivity contribution in [2.24, 2.45) is 11.5 Å². The van der Waals surface area contributed by atoms with Gasteiger partial charge in [0.25, 0.3) is 0 Å². The Labute approximate surface area is 830 Å². The fourth-order valence-electron chi connectivity index (χ4n) is 13.2. The fourth-order valence-corrected chi connectivity index (χ4v) is 13.6. The number of hydrogen-bond acceptors (Lipinski definition) is 33. The summed E-state index contributed by atoms with van der Waals surface area (Å²) < 4.78 is 131. The van der Waals surface area contributed by atoms with E-state index in [9.17, 15) is 74.3 Å². The number of nitrogens with one attached hydrogen (secondary N) is 5. The molecule has 0 spiro atoms. The predicted molar refractivity (Wildman–Crippen MR) is 524 cm³/mol. The smallest absolute Gasteiger partial charge is 0.480 e. The summed E-state index contributed by atoms with van der Waals surface area (Å²) in [5, 5.41) is 23.6. The number of nitrogens with two attached hydrogens (primary N) is 2. The number of rotatable bonds is 39. The summed E-state index contributed by atoms with van der Waals surface area (Å²) in [5.74, 6) is -2.02. The summed E-state index contributed by atoms with van der Waals surface area (Å²) in [6.07, 6.45) is 6.38. The Kier molecular flexibility index (Phi) is 62.5. The highest BCUT2D eigenvalue weighted by Gasteiger charge is 2.47. The zero-order valence-corrected chi connectivity index (χ0v) is 89.3. The van der Waals surface area contributed by atoms with Crippen molar-refractivity contribution in [3.63, 3.8) is 0 Å². The highest BCUT2D eigenvalue weighted by Crippen LogP contribution is 2.28. The minimum absolute atomic E-state index is 0.000208.